The summed E-state index contributed by atoms with van der Waals surface area (Å²) in [7, 11) is 2.66. The summed E-state index contributed by atoms with van der Waals surface area (Å²) >= 11 is 1.55. The molecule has 0 radical (unpaired) electrons. The van der Waals surface area contributed by atoms with Gasteiger partial charge in [-0.1, -0.05) is 42.1 Å². The minimum absolute atomic E-state index is 0.125. The number of esters is 2. The SMILES string of the molecule is COC(=O)C1(C(=O)OC)C[C@@H](c2ccccc2)N2c3cc(C)c(C)cc3S[C@@H]21. The van der Waals surface area contributed by atoms with Crippen LogP contribution >= 0.6 is 11.8 Å². The molecule has 2 atom stereocenters. The minimum Gasteiger partial charge on any atom is -0.468 e. The second kappa shape index (κ2) is 6.85. The second-order valence-electron chi connectivity index (χ2n) is 7.37. The van der Waals surface area contributed by atoms with Crippen molar-refractivity contribution in [2.75, 3.05) is 19.1 Å². The van der Waals surface area contributed by atoms with E-state index in [1.807, 2.05) is 30.3 Å². The summed E-state index contributed by atoms with van der Waals surface area (Å²) in [5, 5.41) is -0.409. The Labute approximate surface area is 169 Å². The maximum absolute atomic E-state index is 13.0. The van der Waals surface area contributed by atoms with Gasteiger partial charge in [0, 0.05) is 11.3 Å². The van der Waals surface area contributed by atoms with Crippen LogP contribution in [0, 0.1) is 19.3 Å². The van der Waals surface area contributed by atoms with E-state index in [0.717, 1.165) is 16.1 Å². The highest BCUT2D eigenvalue weighted by molar-refractivity contribution is 8.00. The van der Waals surface area contributed by atoms with Gasteiger partial charge in [0.05, 0.1) is 25.9 Å². The van der Waals surface area contributed by atoms with Crippen LogP contribution < -0.4 is 4.90 Å². The summed E-state index contributed by atoms with van der Waals surface area (Å²) in [5.74, 6) is -1.08. The lowest BCUT2D eigenvalue weighted by atomic mass is 9.83. The maximum Gasteiger partial charge on any atom is 0.326 e. The lowest BCUT2D eigenvalue weighted by Gasteiger charge is -2.30. The van der Waals surface area contributed by atoms with Crippen LogP contribution in [0.4, 0.5) is 5.69 Å². The number of hydrogen-bond donors (Lipinski definition) is 0. The number of thioether (sulfide) groups is 1. The van der Waals surface area contributed by atoms with E-state index in [1.165, 1.54) is 25.3 Å². The number of anilines is 1. The highest BCUT2D eigenvalue weighted by Gasteiger charge is 2.66. The molecule has 2 aliphatic heterocycles. The van der Waals surface area contributed by atoms with Gasteiger partial charge >= 0.3 is 11.9 Å². The van der Waals surface area contributed by atoms with E-state index in [-0.39, 0.29) is 6.04 Å². The second-order valence-corrected chi connectivity index (χ2v) is 8.49. The van der Waals surface area contributed by atoms with Crippen LogP contribution in [0.5, 0.6) is 0 Å². The van der Waals surface area contributed by atoms with Crippen molar-refractivity contribution in [3.63, 3.8) is 0 Å². The van der Waals surface area contributed by atoms with Gasteiger partial charge in [-0.05, 0) is 42.7 Å². The number of ether oxygens (including phenoxy) is 2. The van der Waals surface area contributed by atoms with Gasteiger partial charge in [0.2, 0.25) is 0 Å². The Morgan fingerprint density at radius 1 is 1.04 bits per heavy atom. The highest BCUT2D eigenvalue weighted by Crippen LogP contribution is 2.62. The number of methoxy groups -OCH3 is 2. The van der Waals surface area contributed by atoms with E-state index in [2.05, 4.69) is 30.9 Å². The molecule has 146 valence electrons. The molecule has 0 N–H and O–H groups in total. The fourth-order valence-electron chi connectivity index (χ4n) is 4.32. The molecule has 0 saturated carbocycles. The Hall–Kier alpha value is -2.47. The summed E-state index contributed by atoms with van der Waals surface area (Å²) in [4.78, 5) is 29.2. The first-order chi connectivity index (χ1) is 13.4. The van der Waals surface area contributed by atoms with E-state index < -0.39 is 22.7 Å². The largest absolute Gasteiger partial charge is 0.468 e. The Morgan fingerprint density at radius 2 is 1.64 bits per heavy atom. The van der Waals surface area contributed by atoms with E-state index in [0.29, 0.717) is 6.42 Å². The number of carbonyl (C=O) groups is 2. The lowest BCUT2D eigenvalue weighted by molar-refractivity contribution is -0.168. The van der Waals surface area contributed by atoms with Gasteiger partial charge in [0.15, 0.2) is 5.41 Å². The lowest BCUT2D eigenvalue weighted by Crippen LogP contribution is -2.48. The molecule has 2 aliphatic rings. The fraction of sp³-hybridized carbons (Fsp3) is 0.364. The fourth-order valence-corrected chi connectivity index (χ4v) is 5.95. The predicted molar refractivity (Wildman–Crippen MR) is 108 cm³/mol. The van der Waals surface area contributed by atoms with Crippen molar-refractivity contribution < 1.29 is 19.1 Å². The van der Waals surface area contributed by atoms with Crippen molar-refractivity contribution in [2.24, 2.45) is 5.41 Å². The van der Waals surface area contributed by atoms with E-state index in [1.54, 1.807) is 11.8 Å². The molecule has 2 heterocycles. The first-order valence-electron chi connectivity index (χ1n) is 9.22. The number of aryl methyl sites for hydroxylation is 2. The van der Waals surface area contributed by atoms with Crippen LogP contribution in [0.25, 0.3) is 0 Å². The average Bonchev–Trinajstić information content (AvgIpc) is 3.23. The van der Waals surface area contributed by atoms with Crippen molar-refractivity contribution in [3.05, 3.63) is 59.2 Å². The van der Waals surface area contributed by atoms with Crippen LogP contribution in [-0.4, -0.2) is 31.5 Å². The molecule has 28 heavy (non-hydrogen) atoms. The Balaban J connectivity index is 1.92. The van der Waals surface area contributed by atoms with Crippen LogP contribution in [0.3, 0.4) is 0 Å². The van der Waals surface area contributed by atoms with Gasteiger partial charge in [-0.2, -0.15) is 0 Å². The summed E-state index contributed by atoms with van der Waals surface area (Å²) in [6, 6.07) is 14.2. The van der Waals surface area contributed by atoms with Crippen LogP contribution in [0.1, 0.15) is 29.2 Å². The molecule has 2 aromatic carbocycles. The standard InChI is InChI=1S/C22H23NO4S/c1-13-10-16-18(11-14(13)2)28-19-22(20(24)26-3,21(25)27-4)12-17(23(16)19)15-8-6-5-7-9-15/h5-11,17,19H,12H2,1-4H3/t17-,19+/m0/s1. The van der Waals surface area contributed by atoms with Crippen LogP contribution in [0.15, 0.2) is 47.4 Å². The average molecular weight is 397 g/mol. The zero-order chi connectivity index (χ0) is 20.1. The molecule has 0 aliphatic carbocycles. The molecule has 1 saturated heterocycles. The van der Waals surface area contributed by atoms with Gasteiger partial charge < -0.3 is 14.4 Å². The first-order valence-corrected chi connectivity index (χ1v) is 10.1. The van der Waals surface area contributed by atoms with Gasteiger partial charge in [0.25, 0.3) is 0 Å². The van der Waals surface area contributed by atoms with Gasteiger partial charge in [-0.15, -0.1) is 0 Å². The number of hydrogen-bond acceptors (Lipinski definition) is 6. The zero-order valence-electron chi connectivity index (χ0n) is 16.4. The molecule has 0 spiro atoms. The van der Waals surface area contributed by atoms with Crippen molar-refractivity contribution >= 4 is 29.4 Å². The molecule has 5 nitrogen and oxygen atoms in total. The van der Waals surface area contributed by atoms with E-state index >= 15 is 0 Å². The smallest absolute Gasteiger partial charge is 0.326 e. The first kappa shape index (κ1) is 18.9. The van der Waals surface area contributed by atoms with Crippen molar-refractivity contribution in [1.29, 1.82) is 0 Å². The number of nitrogens with zero attached hydrogens (tertiary/aromatic N) is 1. The number of carbonyl (C=O) groups excluding carboxylic acids is 2. The third-order valence-electron chi connectivity index (χ3n) is 5.90. The van der Waals surface area contributed by atoms with Crippen molar-refractivity contribution in [1.82, 2.24) is 0 Å². The van der Waals surface area contributed by atoms with E-state index in [4.69, 9.17) is 9.47 Å². The summed E-state index contributed by atoms with van der Waals surface area (Å²) in [6.07, 6.45) is 0.320. The molecule has 0 bridgehead atoms. The molecule has 4 rings (SSSR count). The minimum atomic E-state index is -1.38. The molecule has 0 aromatic heterocycles. The number of rotatable bonds is 3. The van der Waals surface area contributed by atoms with E-state index in [9.17, 15) is 9.59 Å². The summed E-state index contributed by atoms with van der Waals surface area (Å²) < 4.78 is 10.2. The Bertz CT molecular complexity index is 927. The van der Waals surface area contributed by atoms with Crippen LogP contribution in [-0.2, 0) is 19.1 Å². The van der Waals surface area contributed by atoms with Crippen molar-refractivity contribution in [2.45, 2.75) is 36.6 Å². The molecule has 6 heteroatoms. The zero-order valence-corrected chi connectivity index (χ0v) is 17.2. The van der Waals surface area contributed by atoms with Crippen LogP contribution in [0.2, 0.25) is 0 Å². The number of benzene rings is 2. The molecule has 0 unspecified atom stereocenters. The third kappa shape index (κ3) is 2.54. The number of fused-ring (bicyclic) bond motifs is 3. The summed E-state index contributed by atoms with van der Waals surface area (Å²) in [6.45, 7) is 4.15. The topological polar surface area (TPSA) is 55.8 Å². The molecule has 1 fully saturated rings. The normalized spacial score (nSPS) is 21.8. The van der Waals surface area contributed by atoms with Gasteiger partial charge in [-0.3, -0.25) is 9.59 Å². The molecular weight excluding hydrogens is 374 g/mol. The summed E-state index contributed by atoms with van der Waals surface area (Å²) in [5.41, 5.74) is 3.11. The molecular formula is C22H23NO4S. The predicted octanol–water partition coefficient (Wildman–Crippen LogP) is 4.02. The van der Waals surface area contributed by atoms with Gasteiger partial charge in [0.1, 0.15) is 5.37 Å². The Morgan fingerprint density at radius 3 is 2.25 bits per heavy atom. The monoisotopic (exact) mass is 397 g/mol. The molecule has 0 amide bonds. The highest BCUT2D eigenvalue weighted by atomic mass is 32.2. The third-order valence-corrected chi connectivity index (χ3v) is 7.33. The molecule has 2 aromatic rings. The van der Waals surface area contributed by atoms with Gasteiger partial charge in [-0.25, -0.2) is 0 Å². The Kier molecular flexibility index (Phi) is 4.62. The quantitative estimate of drug-likeness (QED) is 0.576. The maximum atomic E-state index is 13.0. The van der Waals surface area contributed by atoms with Crippen molar-refractivity contribution in [3.8, 4) is 0 Å².